The van der Waals surface area contributed by atoms with Gasteiger partial charge in [-0.25, -0.2) is 9.18 Å². The molecule has 7 nitrogen and oxygen atoms in total. The zero-order valence-electron chi connectivity index (χ0n) is 17.7. The van der Waals surface area contributed by atoms with E-state index >= 15 is 0 Å². The van der Waals surface area contributed by atoms with Gasteiger partial charge < -0.3 is 19.5 Å². The number of benzene rings is 2. The van der Waals surface area contributed by atoms with Crippen LogP contribution < -0.4 is 10.1 Å². The second kappa shape index (κ2) is 11.2. The molecule has 0 bridgehead atoms. The molecule has 0 unspecified atom stereocenters. The molecule has 0 spiro atoms. The first-order chi connectivity index (χ1) is 15.4. The average molecular weight is 441 g/mol. The van der Waals surface area contributed by atoms with Crippen LogP contribution >= 0.6 is 0 Å². The van der Waals surface area contributed by atoms with Crippen molar-refractivity contribution in [2.75, 3.05) is 19.9 Å². The molecule has 1 N–H and O–H groups in total. The number of halogens is 1. The van der Waals surface area contributed by atoms with E-state index in [2.05, 4.69) is 5.32 Å². The van der Waals surface area contributed by atoms with Crippen LogP contribution in [-0.2, 0) is 32.1 Å². The Morgan fingerprint density at radius 2 is 1.97 bits per heavy atom. The van der Waals surface area contributed by atoms with Gasteiger partial charge in [-0.05, 0) is 36.6 Å². The van der Waals surface area contributed by atoms with E-state index in [0.29, 0.717) is 29.0 Å². The van der Waals surface area contributed by atoms with Gasteiger partial charge in [-0.1, -0.05) is 24.3 Å². The van der Waals surface area contributed by atoms with E-state index in [1.807, 2.05) is 12.1 Å². The van der Waals surface area contributed by atoms with Crippen LogP contribution in [0.4, 0.5) is 4.39 Å². The van der Waals surface area contributed by atoms with Crippen LogP contribution in [0.15, 0.2) is 42.5 Å². The van der Waals surface area contributed by atoms with Gasteiger partial charge in [0.25, 0.3) is 0 Å². The summed E-state index contributed by atoms with van der Waals surface area (Å²) in [6.07, 6.45) is 4.08. The minimum absolute atomic E-state index is 0.0481. The Balaban J connectivity index is 1.49. The molecular weight excluding hydrogens is 417 g/mol. The molecule has 0 saturated carbocycles. The number of rotatable bonds is 9. The van der Waals surface area contributed by atoms with Gasteiger partial charge in [0.05, 0.1) is 6.61 Å². The smallest absolute Gasteiger partial charge is 0.331 e. The maximum absolute atomic E-state index is 13.7. The molecule has 2 aromatic rings. The molecule has 0 aliphatic carbocycles. The Hall–Kier alpha value is -3.52. The number of nitrogens with one attached hydrogen (secondary N) is 1. The van der Waals surface area contributed by atoms with E-state index in [-0.39, 0.29) is 25.1 Å². The van der Waals surface area contributed by atoms with E-state index in [1.165, 1.54) is 25.1 Å². The minimum Gasteiger partial charge on any atom is -0.467 e. The minimum atomic E-state index is -0.724. The fourth-order valence-electron chi connectivity index (χ4n) is 3.17. The molecular formula is C24H24FNO6. The summed E-state index contributed by atoms with van der Waals surface area (Å²) < 4.78 is 29.3. The third-order valence-electron chi connectivity index (χ3n) is 4.74. The SMILES string of the molecule is CC(=O)NCCCc1ccc(C(=O)COC(=O)/C=C/c2cc(F)cc3c2OCOC3)cc1. The fraction of sp³-hybridized carbons (Fsp3) is 0.292. The zero-order chi connectivity index (χ0) is 22.9. The molecule has 32 heavy (non-hydrogen) atoms. The van der Waals surface area contributed by atoms with Crippen molar-refractivity contribution in [1.82, 2.24) is 5.32 Å². The first-order valence-corrected chi connectivity index (χ1v) is 10.2. The molecule has 0 fully saturated rings. The highest BCUT2D eigenvalue weighted by molar-refractivity contribution is 5.99. The molecule has 1 aliphatic rings. The fourth-order valence-corrected chi connectivity index (χ4v) is 3.17. The molecule has 2 aromatic carbocycles. The van der Waals surface area contributed by atoms with Crippen LogP contribution in [-0.4, -0.2) is 37.6 Å². The monoisotopic (exact) mass is 441 g/mol. The molecule has 3 rings (SSSR count). The van der Waals surface area contributed by atoms with E-state index in [9.17, 15) is 18.8 Å². The van der Waals surface area contributed by atoms with Gasteiger partial charge in [0, 0.05) is 36.2 Å². The zero-order valence-corrected chi connectivity index (χ0v) is 17.7. The maximum Gasteiger partial charge on any atom is 0.331 e. The van der Waals surface area contributed by atoms with Crippen LogP contribution in [0.25, 0.3) is 6.08 Å². The number of ketones is 1. The highest BCUT2D eigenvalue weighted by atomic mass is 19.1. The van der Waals surface area contributed by atoms with E-state index in [1.54, 1.807) is 12.1 Å². The average Bonchev–Trinajstić information content (AvgIpc) is 2.78. The van der Waals surface area contributed by atoms with Crippen molar-refractivity contribution in [3.8, 4) is 5.75 Å². The highest BCUT2D eigenvalue weighted by Gasteiger charge is 2.16. The van der Waals surface area contributed by atoms with Crippen molar-refractivity contribution in [1.29, 1.82) is 0 Å². The van der Waals surface area contributed by atoms with E-state index in [0.717, 1.165) is 24.5 Å². The van der Waals surface area contributed by atoms with Crippen LogP contribution in [0.3, 0.4) is 0 Å². The van der Waals surface area contributed by atoms with Crippen molar-refractivity contribution in [2.45, 2.75) is 26.4 Å². The molecule has 1 heterocycles. The highest BCUT2D eigenvalue weighted by Crippen LogP contribution is 2.30. The van der Waals surface area contributed by atoms with Crippen LogP contribution in [0.1, 0.15) is 40.4 Å². The van der Waals surface area contributed by atoms with Gasteiger partial charge in [0.1, 0.15) is 11.6 Å². The first-order valence-electron chi connectivity index (χ1n) is 10.2. The normalized spacial score (nSPS) is 12.7. The lowest BCUT2D eigenvalue weighted by molar-refractivity contribution is -0.136. The van der Waals surface area contributed by atoms with Gasteiger partial charge in [0.2, 0.25) is 5.91 Å². The Labute approximate surface area is 185 Å². The van der Waals surface area contributed by atoms with Crippen molar-refractivity contribution >= 4 is 23.7 Å². The summed E-state index contributed by atoms with van der Waals surface area (Å²) in [7, 11) is 0. The number of carbonyl (C=O) groups excluding carboxylic acids is 3. The number of Topliss-reactive ketones (excluding diaryl/α,β-unsaturated/α-hetero) is 1. The van der Waals surface area contributed by atoms with Crippen LogP contribution in [0, 0.1) is 5.82 Å². The largest absolute Gasteiger partial charge is 0.467 e. The van der Waals surface area contributed by atoms with E-state index in [4.69, 9.17) is 14.2 Å². The van der Waals surface area contributed by atoms with Crippen LogP contribution in [0.5, 0.6) is 5.75 Å². The summed E-state index contributed by atoms with van der Waals surface area (Å²) in [5, 5.41) is 2.73. The van der Waals surface area contributed by atoms with Gasteiger partial charge in [-0.3, -0.25) is 9.59 Å². The number of ether oxygens (including phenoxy) is 3. The lowest BCUT2D eigenvalue weighted by atomic mass is 10.1. The number of aryl methyl sites for hydroxylation is 1. The standard InChI is InChI=1S/C24H24FNO6/c1-16(27)26-10-2-3-17-4-6-18(7-5-17)22(28)14-31-23(29)9-8-19-11-21(25)12-20-13-30-15-32-24(19)20/h4-9,11-12H,2-3,10,13-15H2,1H3,(H,26,27)/b9-8+. The molecule has 1 aliphatic heterocycles. The number of fused-ring (bicyclic) bond motifs is 1. The lowest BCUT2D eigenvalue weighted by Crippen LogP contribution is -2.21. The topological polar surface area (TPSA) is 90.9 Å². The van der Waals surface area contributed by atoms with Gasteiger partial charge in [-0.15, -0.1) is 0 Å². The number of esters is 1. The van der Waals surface area contributed by atoms with Crippen molar-refractivity contribution in [3.05, 3.63) is 70.5 Å². The number of amides is 1. The summed E-state index contributed by atoms with van der Waals surface area (Å²) in [6, 6.07) is 9.59. The Morgan fingerprint density at radius 3 is 2.72 bits per heavy atom. The second-order valence-corrected chi connectivity index (χ2v) is 7.24. The summed E-state index contributed by atoms with van der Waals surface area (Å²) in [5.74, 6) is -1.14. The predicted octanol–water partition coefficient (Wildman–Crippen LogP) is 3.20. The van der Waals surface area contributed by atoms with Gasteiger partial charge >= 0.3 is 5.97 Å². The summed E-state index contributed by atoms with van der Waals surface area (Å²) in [6.45, 7) is 1.93. The summed E-state index contributed by atoms with van der Waals surface area (Å²) >= 11 is 0. The Morgan fingerprint density at radius 1 is 1.19 bits per heavy atom. The maximum atomic E-state index is 13.7. The third-order valence-corrected chi connectivity index (χ3v) is 4.74. The summed E-state index contributed by atoms with van der Waals surface area (Å²) in [4.78, 5) is 35.1. The van der Waals surface area contributed by atoms with Crippen LogP contribution in [0.2, 0.25) is 0 Å². The number of hydrogen-bond acceptors (Lipinski definition) is 6. The quantitative estimate of drug-likeness (QED) is 0.278. The molecule has 0 aromatic heterocycles. The Bertz CT molecular complexity index is 1020. The molecule has 0 radical (unpaired) electrons. The van der Waals surface area contributed by atoms with Gasteiger partial charge in [0.15, 0.2) is 19.2 Å². The molecule has 0 atom stereocenters. The molecule has 0 saturated heterocycles. The van der Waals surface area contributed by atoms with Crippen molar-refractivity contribution < 1.29 is 33.0 Å². The van der Waals surface area contributed by atoms with E-state index < -0.39 is 18.4 Å². The second-order valence-electron chi connectivity index (χ2n) is 7.24. The third kappa shape index (κ3) is 6.75. The number of hydrogen-bond donors (Lipinski definition) is 1. The van der Waals surface area contributed by atoms with Gasteiger partial charge in [-0.2, -0.15) is 0 Å². The summed E-state index contributed by atoms with van der Waals surface area (Å²) in [5.41, 5.74) is 2.41. The van der Waals surface area contributed by atoms with Crippen molar-refractivity contribution in [2.24, 2.45) is 0 Å². The number of carbonyl (C=O) groups is 3. The Kier molecular flexibility index (Phi) is 8.10. The molecule has 168 valence electrons. The van der Waals surface area contributed by atoms with Crippen molar-refractivity contribution in [3.63, 3.8) is 0 Å². The predicted molar refractivity (Wildman–Crippen MR) is 114 cm³/mol. The molecule has 8 heteroatoms. The molecule has 1 amide bonds. The lowest BCUT2D eigenvalue weighted by Gasteiger charge is -2.19. The first kappa shape index (κ1) is 23.1.